The van der Waals surface area contributed by atoms with Crippen LogP contribution in [0, 0.1) is 5.92 Å². The Morgan fingerprint density at radius 2 is 1.78 bits per heavy atom. The SMILES string of the molecule is CCC(C)C(COc1c(Cl)cc(Cl)cc1Cl)NC. The fourth-order valence-corrected chi connectivity index (χ4v) is 2.58. The Balaban J connectivity index is 2.74. The Kier molecular flexibility index (Phi) is 6.58. The minimum Gasteiger partial charge on any atom is -0.489 e. The van der Waals surface area contributed by atoms with E-state index in [-0.39, 0.29) is 6.04 Å². The number of hydrogen-bond donors (Lipinski definition) is 1. The summed E-state index contributed by atoms with van der Waals surface area (Å²) in [7, 11) is 1.92. The third-order valence-corrected chi connectivity index (χ3v) is 3.85. The smallest absolute Gasteiger partial charge is 0.156 e. The van der Waals surface area contributed by atoms with E-state index in [0.717, 1.165) is 6.42 Å². The number of hydrogen-bond acceptors (Lipinski definition) is 2. The van der Waals surface area contributed by atoms with Crippen LogP contribution in [-0.2, 0) is 0 Å². The summed E-state index contributed by atoms with van der Waals surface area (Å²) < 4.78 is 5.71. The lowest BCUT2D eigenvalue weighted by atomic mass is 10.0. The number of ether oxygens (including phenoxy) is 1. The quantitative estimate of drug-likeness (QED) is 0.825. The van der Waals surface area contributed by atoms with Gasteiger partial charge in [0.15, 0.2) is 5.75 Å². The molecule has 0 aliphatic rings. The average Bonchev–Trinajstić information content (AvgIpc) is 2.31. The van der Waals surface area contributed by atoms with Crippen molar-refractivity contribution in [3.05, 3.63) is 27.2 Å². The minimum absolute atomic E-state index is 0.262. The van der Waals surface area contributed by atoms with Crippen LogP contribution in [0.3, 0.4) is 0 Å². The molecule has 0 spiro atoms. The van der Waals surface area contributed by atoms with E-state index in [9.17, 15) is 0 Å². The van der Waals surface area contributed by atoms with E-state index in [2.05, 4.69) is 19.2 Å². The Labute approximate surface area is 124 Å². The molecule has 0 saturated carbocycles. The van der Waals surface area contributed by atoms with Gasteiger partial charge >= 0.3 is 0 Å². The van der Waals surface area contributed by atoms with Crippen LogP contribution in [0.1, 0.15) is 20.3 Å². The molecular weight excluding hydrogens is 293 g/mol. The van der Waals surface area contributed by atoms with Crippen molar-refractivity contribution in [2.75, 3.05) is 13.7 Å². The van der Waals surface area contributed by atoms with Crippen molar-refractivity contribution in [2.24, 2.45) is 5.92 Å². The van der Waals surface area contributed by atoms with Gasteiger partial charge in [0.25, 0.3) is 0 Å². The maximum Gasteiger partial charge on any atom is 0.156 e. The number of halogens is 3. The van der Waals surface area contributed by atoms with Crippen LogP contribution in [0.4, 0.5) is 0 Å². The van der Waals surface area contributed by atoms with E-state index in [0.29, 0.717) is 33.3 Å². The third-order valence-electron chi connectivity index (χ3n) is 3.07. The van der Waals surface area contributed by atoms with E-state index in [4.69, 9.17) is 39.5 Å². The molecule has 0 aliphatic carbocycles. The Morgan fingerprint density at radius 3 is 2.22 bits per heavy atom. The number of rotatable bonds is 6. The summed E-state index contributed by atoms with van der Waals surface area (Å²) in [5.74, 6) is 1.01. The molecule has 1 aromatic rings. The lowest BCUT2D eigenvalue weighted by Crippen LogP contribution is -2.37. The number of likely N-dealkylation sites (N-methyl/N-ethyl adjacent to an activating group) is 1. The molecule has 0 aromatic heterocycles. The van der Waals surface area contributed by atoms with Crippen LogP contribution in [0.5, 0.6) is 5.75 Å². The van der Waals surface area contributed by atoms with E-state index in [1.807, 2.05) is 7.05 Å². The summed E-state index contributed by atoms with van der Waals surface area (Å²) in [5.41, 5.74) is 0. The largest absolute Gasteiger partial charge is 0.489 e. The summed E-state index contributed by atoms with van der Waals surface area (Å²) in [6, 6.07) is 3.52. The molecule has 5 heteroatoms. The first-order chi connectivity index (χ1) is 8.49. The second-order valence-electron chi connectivity index (χ2n) is 4.29. The molecule has 1 rings (SSSR count). The van der Waals surface area contributed by atoms with Crippen molar-refractivity contribution in [3.63, 3.8) is 0 Å². The minimum atomic E-state index is 0.262. The van der Waals surface area contributed by atoms with Crippen LogP contribution in [0.25, 0.3) is 0 Å². The third kappa shape index (κ3) is 4.20. The molecule has 0 radical (unpaired) electrons. The zero-order chi connectivity index (χ0) is 13.7. The van der Waals surface area contributed by atoms with Gasteiger partial charge in [0, 0.05) is 11.1 Å². The van der Waals surface area contributed by atoms with Crippen molar-refractivity contribution in [1.82, 2.24) is 5.32 Å². The van der Waals surface area contributed by atoms with Crippen molar-refractivity contribution < 1.29 is 4.74 Å². The highest BCUT2D eigenvalue weighted by atomic mass is 35.5. The van der Waals surface area contributed by atoms with Gasteiger partial charge in [-0.15, -0.1) is 0 Å². The predicted molar refractivity (Wildman–Crippen MR) is 79.3 cm³/mol. The molecule has 2 unspecified atom stereocenters. The van der Waals surface area contributed by atoms with Gasteiger partial charge in [-0.1, -0.05) is 55.1 Å². The molecule has 0 heterocycles. The Bertz CT molecular complexity index is 375. The summed E-state index contributed by atoms with van der Waals surface area (Å²) in [6.45, 7) is 4.85. The molecule has 18 heavy (non-hydrogen) atoms. The van der Waals surface area contributed by atoms with Gasteiger partial charge in [0.1, 0.15) is 6.61 Å². The summed E-state index contributed by atoms with van der Waals surface area (Å²) >= 11 is 18.0. The lowest BCUT2D eigenvalue weighted by Gasteiger charge is -2.23. The monoisotopic (exact) mass is 309 g/mol. The van der Waals surface area contributed by atoms with Gasteiger partial charge in [0.2, 0.25) is 0 Å². The second kappa shape index (κ2) is 7.44. The zero-order valence-corrected chi connectivity index (χ0v) is 13.0. The van der Waals surface area contributed by atoms with Gasteiger partial charge in [-0.3, -0.25) is 0 Å². The van der Waals surface area contributed by atoms with E-state index in [1.165, 1.54) is 0 Å². The topological polar surface area (TPSA) is 21.3 Å². The van der Waals surface area contributed by atoms with Crippen LogP contribution >= 0.6 is 34.8 Å². The first-order valence-electron chi connectivity index (χ1n) is 5.94. The molecule has 1 aromatic carbocycles. The highest BCUT2D eigenvalue weighted by molar-refractivity contribution is 6.40. The van der Waals surface area contributed by atoms with Crippen LogP contribution in [0.2, 0.25) is 15.1 Å². The highest BCUT2D eigenvalue weighted by Gasteiger charge is 2.16. The molecule has 102 valence electrons. The molecule has 0 fully saturated rings. The second-order valence-corrected chi connectivity index (χ2v) is 5.54. The van der Waals surface area contributed by atoms with Gasteiger partial charge in [-0.2, -0.15) is 0 Å². The Morgan fingerprint density at radius 1 is 1.22 bits per heavy atom. The highest BCUT2D eigenvalue weighted by Crippen LogP contribution is 2.35. The van der Waals surface area contributed by atoms with Crippen molar-refractivity contribution in [3.8, 4) is 5.75 Å². The normalized spacial score (nSPS) is 14.3. The van der Waals surface area contributed by atoms with Crippen LogP contribution < -0.4 is 10.1 Å². The molecule has 0 bridgehead atoms. The average molecular weight is 311 g/mol. The first kappa shape index (κ1) is 15.9. The molecular formula is C13H18Cl3NO. The van der Waals surface area contributed by atoms with Crippen LogP contribution in [-0.4, -0.2) is 19.7 Å². The van der Waals surface area contributed by atoms with E-state index >= 15 is 0 Å². The molecule has 1 N–H and O–H groups in total. The van der Waals surface area contributed by atoms with E-state index in [1.54, 1.807) is 12.1 Å². The summed E-state index contributed by atoms with van der Waals surface area (Å²) in [5, 5.41) is 4.61. The Hall–Kier alpha value is -0.150. The van der Waals surface area contributed by atoms with Gasteiger partial charge in [-0.05, 0) is 25.1 Å². The fourth-order valence-electron chi connectivity index (χ4n) is 1.66. The van der Waals surface area contributed by atoms with E-state index < -0.39 is 0 Å². The molecule has 2 nitrogen and oxygen atoms in total. The maximum atomic E-state index is 6.06. The molecule has 0 aliphatic heterocycles. The summed E-state index contributed by atoms with van der Waals surface area (Å²) in [6.07, 6.45) is 1.08. The standard InChI is InChI=1S/C13H18Cl3NO/c1-4-8(2)12(17-3)7-18-13-10(15)5-9(14)6-11(13)16/h5-6,8,12,17H,4,7H2,1-3H3. The first-order valence-corrected chi connectivity index (χ1v) is 7.07. The molecule has 2 atom stereocenters. The number of benzene rings is 1. The predicted octanol–water partition coefficient (Wildman–Crippen LogP) is 4.66. The van der Waals surface area contributed by atoms with Crippen molar-refractivity contribution in [2.45, 2.75) is 26.3 Å². The zero-order valence-electron chi connectivity index (χ0n) is 10.8. The summed E-state index contributed by atoms with van der Waals surface area (Å²) in [4.78, 5) is 0. The molecule has 0 saturated heterocycles. The lowest BCUT2D eigenvalue weighted by molar-refractivity contribution is 0.228. The van der Waals surface area contributed by atoms with Crippen LogP contribution in [0.15, 0.2) is 12.1 Å². The fraction of sp³-hybridized carbons (Fsp3) is 0.538. The number of nitrogens with one attached hydrogen (secondary N) is 1. The van der Waals surface area contributed by atoms with Gasteiger partial charge < -0.3 is 10.1 Å². The van der Waals surface area contributed by atoms with Crippen molar-refractivity contribution >= 4 is 34.8 Å². The van der Waals surface area contributed by atoms with Gasteiger partial charge in [0.05, 0.1) is 10.0 Å². The molecule has 0 amide bonds. The maximum absolute atomic E-state index is 6.06. The van der Waals surface area contributed by atoms with Gasteiger partial charge in [-0.25, -0.2) is 0 Å². The van der Waals surface area contributed by atoms with Crippen molar-refractivity contribution in [1.29, 1.82) is 0 Å².